The van der Waals surface area contributed by atoms with E-state index in [0.29, 0.717) is 19.4 Å². The molecule has 0 amide bonds. The normalized spacial score (nSPS) is 11.5. The summed E-state index contributed by atoms with van der Waals surface area (Å²) < 4.78 is 12.6. The lowest BCUT2D eigenvalue weighted by molar-refractivity contribution is 0.0457. The van der Waals surface area contributed by atoms with Crippen molar-refractivity contribution in [3.8, 4) is 0 Å². The molecule has 0 aliphatic heterocycles. The van der Waals surface area contributed by atoms with E-state index < -0.39 is 5.60 Å². The van der Waals surface area contributed by atoms with Crippen LogP contribution < -0.4 is 5.32 Å². The van der Waals surface area contributed by atoms with Crippen LogP contribution in [0.4, 0.5) is 10.1 Å². The van der Waals surface area contributed by atoms with Gasteiger partial charge in [-0.05, 0) is 37.1 Å². The van der Waals surface area contributed by atoms with Crippen molar-refractivity contribution in [2.45, 2.75) is 32.3 Å². The van der Waals surface area contributed by atoms with Gasteiger partial charge >= 0.3 is 0 Å². The van der Waals surface area contributed by atoms with Crippen LogP contribution in [0.25, 0.3) is 0 Å². The first-order valence-electron chi connectivity index (χ1n) is 5.31. The lowest BCUT2D eigenvalue weighted by atomic mass is 9.97. The molecule has 84 valence electrons. The van der Waals surface area contributed by atoms with Crippen LogP contribution in [-0.4, -0.2) is 17.3 Å². The number of nitrogens with one attached hydrogen (secondary N) is 1. The van der Waals surface area contributed by atoms with Crippen LogP contribution >= 0.6 is 0 Å². The third-order valence-corrected chi connectivity index (χ3v) is 2.78. The monoisotopic (exact) mass is 211 g/mol. The summed E-state index contributed by atoms with van der Waals surface area (Å²) in [6, 6.07) is 6.14. The van der Waals surface area contributed by atoms with Crippen molar-refractivity contribution in [1.82, 2.24) is 0 Å². The first-order chi connectivity index (χ1) is 7.09. The molecular weight excluding hydrogens is 193 g/mol. The van der Waals surface area contributed by atoms with Crippen molar-refractivity contribution in [1.29, 1.82) is 0 Å². The number of anilines is 1. The molecule has 0 saturated carbocycles. The topological polar surface area (TPSA) is 32.3 Å². The standard InChI is InChI=1S/C12H18FNO/c1-3-12(15,4-2)9-14-11-7-5-10(13)6-8-11/h5-8,14-15H,3-4,9H2,1-2H3. The van der Waals surface area contributed by atoms with Crippen LogP contribution in [0.3, 0.4) is 0 Å². The first-order valence-corrected chi connectivity index (χ1v) is 5.31. The summed E-state index contributed by atoms with van der Waals surface area (Å²) in [5.41, 5.74) is 0.158. The van der Waals surface area contributed by atoms with Gasteiger partial charge in [0, 0.05) is 12.2 Å². The minimum Gasteiger partial charge on any atom is -0.388 e. The summed E-state index contributed by atoms with van der Waals surface area (Å²) in [7, 11) is 0. The van der Waals surface area contributed by atoms with Crippen LogP contribution in [0.2, 0.25) is 0 Å². The van der Waals surface area contributed by atoms with E-state index in [1.165, 1.54) is 12.1 Å². The van der Waals surface area contributed by atoms with Crippen molar-refractivity contribution in [2.24, 2.45) is 0 Å². The number of hydrogen-bond donors (Lipinski definition) is 2. The molecule has 3 heteroatoms. The van der Waals surface area contributed by atoms with E-state index in [1.54, 1.807) is 12.1 Å². The van der Waals surface area contributed by atoms with Crippen molar-refractivity contribution in [3.63, 3.8) is 0 Å². The number of rotatable bonds is 5. The zero-order chi connectivity index (χ0) is 11.3. The van der Waals surface area contributed by atoms with E-state index in [9.17, 15) is 9.50 Å². The second kappa shape index (κ2) is 5.12. The van der Waals surface area contributed by atoms with Gasteiger partial charge in [-0.2, -0.15) is 0 Å². The third kappa shape index (κ3) is 3.51. The molecule has 0 bridgehead atoms. The van der Waals surface area contributed by atoms with Gasteiger partial charge < -0.3 is 10.4 Å². The molecule has 1 rings (SSSR count). The number of benzene rings is 1. The highest BCUT2D eigenvalue weighted by atomic mass is 19.1. The number of halogens is 1. The highest BCUT2D eigenvalue weighted by Gasteiger charge is 2.21. The molecule has 0 unspecified atom stereocenters. The number of aliphatic hydroxyl groups is 1. The molecule has 1 aromatic rings. The van der Waals surface area contributed by atoms with E-state index >= 15 is 0 Å². The van der Waals surface area contributed by atoms with Crippen LogP contribution in [0, 0.1) is 5.82 Å². The summed E-state index contributed by atoms with van der Waals surface area (Å²) in [6.45, 7) is 4.40. The van der Waals surface area contributed by atoms with E-state index in [2.05, 4.69) is 5.32 Å². The van der Waals surface area contributed by atoms with Gasteiger partial charge in [-0.15, -0.1) is 0 Å². The Hall–Kier alpha value is -1.09. The minimum atomic E-state index is -0.672. The quantitative estimate of drug-likeness (QED) is 0.785. The Kier molecular flexibility index (Phi) is 4.09. The van der Waals surface area contributed by atoms with Gasteiger partial charge in [-0.25, -0.2) is 4.39 Å². The Bertz CT molecular complexity index is 293. The largest absolute Gasteiger partial charge is 0.388 e. The maximum atomic E-state index is 12.6. The van der Waals surface area contributed by atoms with Crippen molar-refractivity contribution in [2.75, 3.05) is 11.9 Å². The Balaban J connectivity index is 2.53. The molecular formula is C12H18FNO. The first kappa shape index (κ1) is 12.0. The summed E-state index contributed by atoms with van der Waals surface area (Å²) in [4.78, 5) is 0. The molecule has 2 N–H and O–H groups in total. The van der Waals surface area contributed by atoms with Gasteiger partial charge in [0.1, 0.15) is 5.82 Å². The van der Waals surface area contributed by atoms with Crippen LogP contribution in [-0.2, 0) is 0 Å². The second-order valence-electron chi connectivity index (χ2n) is 3.79. The van der Waals surface area contributed by atoms with Gasteiger partial charge in [0.2, 0.25) is 0 Å². The van der Waals surface area contributed by atoms with Crippen molar-refractivity contribution >= 4 is 5.69 Å². The highest BCUT2D eigenvalue weighted by Crippen LogP contribution is 2.16. The molecule has 0 aromatic heterocycles. The lowest BCUT2D eigenvalue weighted by Crippen LogP contribution is -2.35. The van der Waals surface area contributed by atoms with Crippen LogP contribution in [0.5, 0.6) is 0 Å². The van der Waals surface area contributed by atoms with Gasteiger partial charge in [-0.1, -0.05) is 13.8 Å². The molecule has 0 fully saturated rings. The summed E-state index contributed by atoms with van der Waals surface area (Å²) in [5.74, 6) is -0.248. The van der Waals surface area contributed by atoms with Crippen molar-refractivity contribution in [3.05, 3.63) is 30.1 Å². The average Bonchev–Trinajstić information content (AvgIpc) is 2.28. The van der Waals surface area contributed by atoms with Crippen molar-refractivity contribution < 1.29 is 9.50 Å². The fourth-order valence-corrected chi connectivity index (χ4v) is 1.33. The molecule has 1 aromatic carbocycles. The van der Waals surface area contributed by atoms with Gasteiger partial charge in [0.05, 0.1) is 5.60 Å². The summed E-state index contributed by atoms with van der Waals surface area (Å²) in [5, 5.41) is 13.1. The molecule has 15 heavy (non-hydrogen) atoms. The maximum absolute atomic E-state index is 12.6. The van der Waals surface area contributed by atoms with E-state index in [4.69, 9.17) is 0 Å². The van der Waals surface area contributed by atoms with E-state index in [0.717, 1.165) is 5.69 Å². The van der Waals surface area contributed by atoms with Crippen LogP contribution in [0.15, 0.2) is 24.3 Å². The van der Waals surface area contributed by atoms with Gasteiger partial charge in [0.15, 0.2) is 0 Å². The maximum Gasteiger partial charge on any atom is 0.123 e. The Labute approximate surface area is 90.1 Å². The highest BCUT2D eigenvalue weighted by molar-refractivity contribution is 5.43. The van der Waals surface area contributed by atoms with E-state index in [-0.39, 0.29) is 5.82 Å². The molecule has 0 saturated heterocycles. The predicted molar refractivity (Wildman–Crippen MR) is 60.4 cm³/mol. The van der Waals surface area contributed by atoms with Crippen LogP contribution in [0.1, 0.15) is 26.7 Å². The Morgan fingerprint density at radius 2 is 1.73 bits per heavy atom. The van der Waals surface area contributed by atoms with Gasteiger partial charge in [-0.3, -0.25) is 0 Å². The minimum absolute atomic E-state index is 0.248. The third-order valence-electron chi connectivity index (χ3n) is 2.78. The molecule has 0 atom stereocenters. The molecule has 0 heterocycles. The molecule has 0 aliphatic carbocycles. The lowest BCUT2D eigenvalue weighted by Gasteiger charge is -2.25. The number of hydrogen-bond acceptors (Lipinski definition) is 2. The molecule has 2 nitrogen and oxygen atoms in total. The fourth-order valence-electron chi connectivity index (χ4n) is 1.33. The zero-order valence-electron chi connectivity index (χ0n) is 9.26. The average molecular weight is 211 g/mol. The Morgan fingerprint density at radius 1 is 1.20 bits per heavy atom. The summed E-state index contributed by atoms with van der Waals surface area (Å²) in [6.07, 6.45) is 1.41. The fraction of sp³-hybridized carbons (Fsp3) is 0.500. The summed E-state index contributed by atoms with van der Waals surface area (Å²) >= 11 is 0. The molecule has 0 radical (unpaired) electrons. The van der Waals surface area contributed by atoms with E-state index in [1.807, 2.05) is 13.8 Å². The smallest absolute Gasteiger partial charge is 0.123 e. The molecule has 0 spiro atoms. The SMILES string of the molecule is CCC(O)(CC)CNc1ccc(F)cc1. The van der Waals surface area contributed by atoms with Gasteiger partial charge in [0.25, 0.3) is 0 Å². The zero-order valence-corrected chi connectivity index (χ0v) is 9.26. The second-order valence-corrected chi connectivity index (χ2v) is 3.79. The predicted octanol–water partition coefficient (Wildman–Crippen LogP) is 2.79. The Morgan fingerprint density at radius 3 is 2.20 bits per heavy atom. The molecule has 0 aliphatic rings.